The summed E-state index contributed by atoms with van der Waals surface area (Å²) in [6, 6.07) is 17.8. The van der Waals surface area contributed by atoms with Gasteiger partial charge in [0.05, 0.1) is 0 Å². The van der Waals surface area contributed by atoms with Gasteiger partial charge in [0.15, 0.2) is 6.61 Å². The molecule has 24 heavy (non-hydrogen) atoms. The quantitative estimate of drug-likeness (QED) is 0.717. The van der Waals surface area contributed by atoms with E-state index >= 15 is 0 Å². The minimum atomic E-state index is -0.265. The molecule has 0 atom stereocenters. The molecule has 0 saturated carbocycles. The van der Waals surface area contributed by atoms with E-state index in [0.29, 0.717) is 6.54 Å². The molecule has 0 aliphatic heterocycles. The van der Waals surface area contributed by atoms with Crippen LogP contribution in [0.25, 0.3) is 0 Å². The van der Waals surface area contributed by atoms with Crippen LogP contribution >= 0.6 is 11.8 Å². The first-order valence-electron chi connectivity index (χ1n) is 8.01. The Bertz CT molecular complexity index is 648. The van der Waals surface area contributed by atoms with Gasteiger partial charge in [-0.05, 0) is 56.9 Å². The first kappa shape index (κ1) is 18.4. The Morgan fingerprint density at radius 1 is 1.04 bits per heavy atom. The van der Waals surface area contributed by atoms with Crippen molar-refractivity contribution in [3.05, 3.63) is 60.2 Å². The van der Waals surface area contributed by atoms with Crippen LogP contribution in [0.15, 0.2) is 59.5 Å². The van der Waals surface area contributed by atoms with Crippen molar-refractivity contribution in [2.75, 3.05) is 12.9 Å². The Morgan fingerprint density at radius 3 is 2.21 bits per heavy atom. The van der Waals surface area contributed by atoms with Crippen LogP contribution < -0.4 is 4.74 Å². The third-order valence-electron chi connectivity index (χ3n) is 3.72. The summed E-state index contributed by atoms with van der Waals surface area (Å²) in [6.45, 7) is 6.75. The lowest BCUT2D eigenvalue weighted by atomic mass is 10.0. The van der Waals surface area contributed by atoms with Crippen LogP contribution in [0.2, 0.25) is 0 Å². The van der Waals surface area contributed by atoms with Crippen molar-refractivity contribution in [2.24, 2.45) is 0 Å². The summed E-state index contributed by atoms with van der Waals surface area (Å²) in [6.07, 6.45) is 2.03. The normalized spacial score (nSPS) is 11.2. The van der Waals surface area contributed by atoms with E-state index in [1.807, 2.05) is 86.5 Å². The van der Waals surface area contributed by atoms with E-state index in [2.05, 4.69) is 0 Å². The molecule has 2 rings (SSSR count). The number of carbonyl (C=O) groups is 1. The van der Waals surface area contributed by atoms with Crippen molar-refractivity contribution in [3.63, 3.8) is 0 Å². The summed E-state index contributed by atoms with van der Waals surface area (Å²) >= 11 is 1.68. The molecular weight excluding hydrogens is 318 g/mol. The fraction of sp³-hybridized carbons (Fsp3) is 0.350. The monoisotopic (exact) mass is 343 g/mol. The number of rotatable bonds is 6. The predicted octanol–water partition coefficient (Wildman–Crippen LogP) is 4.61. The third kappa shape index (κ3) is 5.31. The van der Waals surface area contributed by atoms with Gasteiger partial charge >= 0.3 is 0 Å². The van der Waals surface area contributed by atoms with Crippen LogP contribution in [-0.4, -0.2) is 29.2 Å². The molecule has 0 fully saturated rings. The summed E-state index contributed by atoms with van der Waals surface area (Å²) in [4.78, 5) is 15.7. The van der Waals surface area contributed by atoms with E-state index < -0.39 is 0 Å². The minimum Gasteiger partial charge on any atom is -0.484 e. The Morgan fingerprint density at radius 2 is 1.67 bits per heavy atom. The van der Waals surface area contributed by atoms with E-state index in [1.165, 1.54) is 4.90 Å². The zero-order valence-electron chi connectivity index (χ0n) is 14.8. The van der Waals surface area contributed by atoms with Crippen LogP contribution in [0.5, 0.6) is 5.75 Å². The van der Waals surface area contributed by atoms with Gasteiger partial charge < -0.3 is 9.64 Å². The van der Waals surface area contributed by atoms with Gasteiger partial charge in [-0.25, -0.2) is 0 Å². The van der Waals surface area contributed by atoms with Crippen molar-refractivity contribution < 1.29 is 9.53 Å². The number of thioether (sulfide) groups is 1. The fourth-order valence-electron chi connectivity index (χ4n) is 2.36. The highest BCUT2D eigenvalue weighted by molar-refractivity contribution is 7.98. The van der Waals surface area contributed by atoms with Crippen LogP contribution in [-0.2, 0) is 11.3 Å². The average molecular weight is 343 g/mol. The first-order valence-corrected chi connectivity index (χ1v) is 9.24. The Kier molecular flexibility index (Phi) is 6.32. The highest BCUT2D eigenvalue weighted by Crippen LogP contribution is 2.21. The minimum absolute atomic E-state index is 0.0136. The largest absolute Gasteiger partial charge is 0.484 e. The lowest BCUT2D eigenvalue weighted by Crippen LogP contribution is -2.47. The molecule has 0 unspecified atom stereocenters. The van der Waals surface area contributed by atoms with Crippen LogP contribution in [0.1, 0.15) is 26.3 Å². The van der Waals surface area contributed by atoms with E-state index in [1.54, 1.807) is 11.8 Å². The molecule has 0 spiro atoms. The van der Waals surface area contributed by atoms with Crippen molar-refractivity contribution in [2.45, 2.75) is 37.8 Å². The molecule has 128 valence electrons. The Labute approximate surface area is 149 Å². The lowest BCUT2D eigenvalue weighted by molar-refractivity contribution is -0.139. The van der Waals surface area contributed by atoms with Crippen molar-refractivity contribution in [1.82, 2.24) is 4.90 Å². The first-order chi connectivity index (χ1) is 11.4. The maximum atomic E-state index is 12.7. The summed E-state index contributed by atoms with van der Waals surface area (Å²) < 4.78 is 5.68. The number of amides is 1. The van der Waals surface area contributed by atoms with Gasteiger partial charge in [0.25, 0.3) is 5.91 Å². The van der Waals surface area contributed by atoms with Crippen molar-refractivity contribution in [1.29, 1.82) is 0 Å². The molecule has 0 aliphatic rings. The zero-order chi connectivity index (χ0) is 17.6. The number of carbonyl (C=O) groups excluding carboxylic acids is 1. The molecule has 0 bridgehead atoms. The molecule has 0 aliphatic carbocycles. The summed E-state index contributed by atoms with van der Waals surface area (Å²) in [5.74, 6) is 0.704. The molecule has 0 N–H and O–H groups in total. The standard InChI is InChI=1S/C20H25NO2S/c1-20(2,3)21(14-16-8-6-5-7-9-16)19(22)15-23-17-10-12-18(24-4)13-11-17/h5-13H,14-15H2,1-4H3. The smallest absolute Gasteiger partial charge is 0.261 e. The molecule has 3 nitrogen and oxygen atoms in total. The van der Waals surface area contributed by atoms with E-state index in [-0.39, 0.29) is 18.1 Å². The predicted molar refractivity (Wildman–Crippen MR) is 100 cm³/mol. The average Bonchev–Trinajstić information content (AvgIpc) is 2.58. The van der Waals surface area contributed by atoms with Gasteiger partial charge in [0.2, 0.25) is 0 Å². The van der Waals surface area contributed by atoms with Gasteiger partial charge in [0, 0.05) is 17.0 Å². The molecule has 4 heteroatoms. The fourth-order valence-corrected chi connectivity index (χ4v) is 2.77. The molecule has 0 aromatic heterocycles. The Hall–Kier alpha value is -1.94. The van der Waals surface area contributed by atoms with E-state index in [4.69, 9.17) is 4.74 Å². The summed E-state index contributed by atoms with van der Waals surface area (Å²) in [5.41, 5.74) is 0.851. The molecule has 2 aromatic rings. The van der Waals surface area contributed by atoms with Gasteiger partial charge in [-0.2, -0.15) is 0 Å². The molecule has 2 aromatic carbocycles. The molecular formula is C20H25NO2S. The lowest BCUT2D eigenvalue weighted by Gasteiger charge is -2.35. The molecule has 0 heterocycles. The summed E-state index contributed by atoms with van der Waals surface area (Å²) in [7, 11) is 0. The SMILES string of the molecule is CSc1ccc(OCC(=O)N(Cc2ccccc2)C(C)(C)C)cc1. The number of benzene rings is 2. The molecule has 1 amide bonds. The second-order valence-electron chi connectivity index (χ2n) is 6.60. The van der Waals surface area contributed by atoms with Gasteiger partial charge in [-0.1, -0.05) is 30.3 Å². The number of ether oxygens (including phenoxy) is 1. The van der Waals surface area contributed by atoms with Gasteiger partial charge in [-0.15, -0.1) is 11.8 Å². The third-order valence-corrected chi connectivity index (χ3v) is 4.46. The topological polar surface area (TPSA) is 29.5 Å². The van der Waals surface area contributed by atoms with Gasteiger partial charge in [0.1, 0.15) is 5.75 Å². The highest BCUT2D eigenvalue weighted by Gasteiger charge is 2.26. The van der Waals surface area contributed by atoms with E-state index in [0.717, 1.165) is 11.3 Å². The number of hydrogen-bond donors (Lipinski definition) is 0. The highest BCUT2D eigenvalue weighted by atomic mass is 32.2. The van der Waals surface area contributed by atoms with Gasteiger partial charge in [-0.3, -0.25) is 4.79 Å². The van der Waals surface area contributed by atoms with Crippen molar-refractivity contribution >= 4 is 17.7 Å². The van der Waals surface area contributed by atoms with Crippen LogP contribution in [0.3, 0.4) is 0 Å². The van der Waals surface area contributed by atoms with E-state index in [9.17, 15) is 4.79 Å². The maximum absolute atomic E-state index is 12.7. The van der Waals surface area contributed by atoms with Crippen LogP contribution in [0.4, 0.5) is 0 Å². The van der Waals surface area contributed by atoms with Crippen molar-refractivity contribution in [3.8, 4) is 5.75 Å². The maximum Gasteiger partial charge on any atom is 0.261 e. The second-order valence-corrected chi connectivity index (χ2v) is 7.48. The summed E-state index contributed by atoms with van der Waals surface area (Å²) in [5, 5.41) is 0. The molecule has 0 radical (unpaired) electrons. The molecule has 0 saturated heterocycles. The second kappa shape index (κ2) is 8.25. The van der Waals surface area contributed by atoms with Crippen LogP contribution in [0, 0.1) is 0 Å². The zero-order valence-corrected chi connectivity index (χ0v) is 15.6. The number of hydrogen-bond acceptors (Lipinski definition) is 3. The number of nitrogens with zero attached hydrogens (tertiary/aromatic N) is 1. The Balaban J connectivity index is 2.02.